The van der Waals surface area contributed by atoms with E-state index in [1.165, 1.54) is 5.56 Å². The van der Waals surface area contributed by atoms with E-state index in [1.807, 2.05) is 60.4 Å². The summed E-state index contributed by atoms with van der Waals surface area (Å²) in [6, 6.07) is 15.8. The van der Waals surface area contributed by atoms with Crippen molar-refractivity contribution in [3.8, 4) is 0 Å². The minimum absolute atomic E-state index is 0.0332. The predicted octanol–water partition coefficient (Wildman–Crippen LogP) is 3.36. The van der Waals surface area contributed by atoms with Gasteiger partial charge >= 0.3 is 0 Å². The van der Waals surface area contributed by atoms with Crippen LogP contribution in [0.15, 0.2) is 48.5 Å². The van der Waals surface area contributed by atoms with Crippen molar-refractivity contribution in [2.24, 2.45) is 0 Å². The summed E-state index contributed by atoms with van der Waals surface area (Å²) in [4.78, 5) is 14.1. The highest BCUT2D eigenvalue weighted by atomic mass is 32.2. The fraction of sp³-hybridized carbons (Fsp3) is 0.188. The van der Waals surface area contributed by atoms with E-state index in [-0.39, 0.29) is 11.3 Å². The maximum Gasteiger partial charge on any atom is 0.238 e. The first-order valence-electron chi connectivity index (χ1n) is 6.51. The van der Waals surface area contributed by atoms with Gasteiger partial charge in [-0.2, -0.15) is 0 Å². The standard InChI is InChI=1S/C16H16N2OS/c1-11-2-8-14(9-3-11)18-15(19)10-20-16(18)12-4-6-13(17)7-5-12/h2-9,16H,10,17H2,1H3. The molecule has 20 heavy (non-hydrogen) atoms. The Morgan fingerprint density at radius 1 is 1.10 bits per heavy atom. The van der Waals surface area contributed by atoms with Crippen molar-refractivity contribution in [1.29, 1.82) is 0 Å². The van der Waals surface area contributed by atoms with Gasteiger partial charge in [0, 0.05) is 11.4 Å². The highest BCUT2D eigenvalue weighted by Gasteiger charge is 2.33. The SMILES string of the molecule is Cc1ccc(N2C(=O)CSC2c2ccc(N)cc2)cc1. The molecule has 1 aliphatic rings. The molecule has 2 aromatic rings. The van der Waals surface area contributed by atoms with Crippen LogP contribution in [-0.2, 0) is 4.79 Å². The average molecular weight is 284 g/mol. The number of amides is 1. The van der Waals surface area contributed by atoms with Crippen LogP contribution in [0.3, 0.4) is 0 Å². The third-order valence-corrected chi connectivity index (χ3v) is 4.61. The Kier molecular flexibility index (Phi) is 3.40. The summed E-state index contributed by atoms with van der Waals surface area (Å²) >= 11 is 1.65. The van der Waals surface area contributed by atoms with Gasteiger partial charge in [0.1, 0.15) is 5.37 Å². The van der Waals surface area contributed by atoms with Gasteiger partial charge < -0.3 is 5.73 Å². The van der Waals surface area contributed by atoms with Crippen molar-refractivity contribution in [2.75, 3.05) is 16.4 Å². The molecule has 2 N–H and O–H groups in total. The molecule has 1 aliphatic heterocycles. The number of benzene rings is 2. The number of carbonyl (C=O) groups excluding carboxylic acids is 1. The van der Waals surface area contributed by atoms with E-state index in [2.05, 4.69) is 0 Å². The zero-order valence-corrected chi connectivity index (χ0v) is 12.1. The number of rotatable bonds is 2. The lowest BCUT2D eigenvalue weighted by Crippen LogP contribution is -2.27. The van der Waals surface area contributed by atoms with Gasteiger partial charge in [0.15, 0.2) is 0 Å². The van der Waals surface area contributed by atoms with Crippen molar-refractivity contribution in [1.82, 2.24) is 0 Å². The summed E-state index contributed by atoms with van der Waals surface area (Å²) in [6.45, 7) is 2.04. The van der Waals surface area contributed by atoms with Gasteiger partial charge in [-0.15, -0.1) is 11.8 Å². The fourth-order valence-electron chi connectivity index (χ4n) is 2.32. The van der Waals surface area contributed by atoms with Crippen molar-refractivity contribution < 1.29 is 4.79 Å². The predicted molar refractivity (Wildman–Crippen MR) is 84.7 cm³/mol. The number of nitrogens with two attached hydrogens (primary N) is 1. The van der Waals surface area contributed by atoms with Crippen molar-refractivity contribution in [2.45, 2.75) is 12.3 Å². The molecule has 3 nitrogen and oxygen atoms in total. The largest absolute Gasteiger partial charge is 0.399 e. The van der Waals surface area contributed by atoms with Crippen LogP contribution in [0.4, 0.5) is 11.4 Å². The van der Waals surface area contributed by atoms with E-state index in [4.69, 9.17) is 5.73 Å². The van der Waals surface area contributed by atoms with Gasteiger partial charge in [-0.05, 0) is 36.8 Å². The lowest BCUT2D eigenvalue weighted by atomic mass is 10.1. The molecule has 102 valence electrons. The summed E-state index contributed by atoms with van der Waals surface area (Å²) in [7, 11) is 0. The number of hydrogen-bond donors (Lipinski definition) is 1. The lowest BCUT2D eigenvalue weighted by Gasteiger charge is -2.24. The first-order valence-corrected chi connectivity index (χ1v) is 7.56. The molecule has 3 rings (SSSR count). The average Bonchev–Trinajstić information content (AvgIpc) is 2.83. The molecule has 1 amide bonds. The molecule has 4 heteroatoms. The number of hydrogen-bond acceptors (Lipinski definition) is 3. The van der Waals surface area contributed by atoms with Gasteiger partial charge in [0.05, 0.1) is 5.75 Å². The Labute approximate surface area is 122 Å². The quantitative estimate of drug-likeness (QED) is 0.860. The summed E-state index contributed by atoms with van der Waals surface area (Å²) in [6.07, 6.45) is 0. The van der Waals surface area contributed by atoms with Crippen LogP contribution in [0.25, 0.3) is 0 Å². The second-order valence-electron chi connectivity index (χ2n) is 4.93. The van der Waals surface area contributed by atoms with Crippen LogP contribution in [0.1, 0.15) is 16.5 Å². The molecule has 0 bridgehead atoms. The van der Waals surface area contributed by atoms with Gasteiger partial charge in [-0.3, -0.25) is 9.69 Å². The minimum Gasteiger partial charge on any atom is -0.399 e. The molecule has 1 atom stereocenters. The molecule has 1 unspecified atom stereocenters. The second kappa shape index (κ2) is 5.21. The normalized spacial score (nSPS) is 18.6. The summed E-state index contributed by atoms with van der Waals surface area (Å²) in [5.41, 5.74) is 9.72. The molecule has 1 fully saturated rings. The van der Waals surface area contributed by atoms with Gasteiger partial charge in [0.2, 0.25) is 5.91 Å². The zero-order chi connectivity index (χ0) is 14.1. The maximum atomic E-state index is 12.2. The molecule has 1 saturated heterocycles. The Hall–Kier alpha value is -1.94. The van der Waals surface area contributed by atoms with Crippen molar-refractivity contribution in [3.63, 3.8) is 0 Å². The molecular weight excluding hydrogens is 268 g/mol. The van der Waals surface area contributed by atoms with Crippen molar-refractivity contribution >= 4 is 29.0 Å². The number of thioether (sulfide) groups is 1. The second-order valence-corrected chi connectivity index (χ2v) is 6.00. The van der Waals surface area contributed by atoms with E-state index in [0.29, 0.717) is 5.75 Å². The Balaban J connectivity index is 1.96. The minimum atomic E-state index is 0.0332. The molecule has 2 aromatic carbocycles. The van der Waals surface area contributed by atoms with E-state index in [0.717, 1.165) is 16.9 Å². The first kappa shape index (κ1) is 13.1. The number of carbonyl (C=O) groups is 1. The zero-order valence-electron chi connectivity index (χ0n) is 11.2. The van der Waals surface area contributed by atoms with E-state index in [1.54, 1.807) is 11.8 Å². The summed E-state index contributed by atoms with van der Waals surface area (Å²) < 4.78 is 0. The van der Waals surface area contributed by atoms with E-state index >= 15 is 0 Å². The fourth-order valence-corrected chi connectivity index (χ4v) is 3.49. The van der Waals surface area contributed by atoms with Crippen LogP contribution in [0.2, 0.25) is 0 Å². The molecule has 0 spiro atoms. The molecule has 0 saturated carbocycles. The van der Waals surface area contributed by atoms with Crippen LogP contribution >= 0.6 is 11.8 Å². The van der Waals surface area contributed by atoms with E-state index in [9.17, 15) is 4.79 Å². The number of nitrogens with zero attached hydrogens (tertiary/aromatic N) is 1. The van der Waals surface area contributed by atoms with Gasteiger partial charge in [-0.1, -0.05) is 29.8 Å². The van der Waals surface area contributed by atoms with Gasteiger partial charge in [0.25, 0.3) is 0 Å². The molecule has 0 radical (unpaired) electrons. The smallest absolute Gasteiger partial charge is 0.238 e. The third kappa shape index (κ3) is 2.39. The van der Waals surface area contributed by atoms with E-state index < -0.39 is 0 Å². The first-order chi connectivity index (χ1) is 9.65. The Morgan fingerprint density at radius 3 is 2.40 bits per heavy atom. The number of anilines is 2. The molecule has 0 aliphatic carbocycles. The van der Waals surface area contributed by atoms with Crippen LogP contribution in [-0.4, -0.2) is 11.7 Å². The van der Waals surface area contributed by atoms with Crippen LogP contribution in [0, 0.1) is 6.92 Å². The molecule has 1 heterocycles. The third-order valence-electron chi connectivity index (χ3n) is 3.40. The lowest BCUT2D eigenvalue weighted by molar-refractivity contribution is -0.115. The maximum absolute atomic E-state index is 12.2. The summed E-state index contributed by atoms with van der Waals surface area (Å²) in [5, 5.41) is 0.0332. The van der Waals surface area contributed by atoms with Gasteiger partial charge in [-0.25, -0.2) is 0 Å². The topological polar surface area (TPSA) is 46.3 Å². The van der Waals surface area contributed by atoms with Crippen LogP contribution < -0.4 is 10.6 Å². The Bertz CT molecular complexity index is 622. The number of aryl methyl sites for hydroxylation is 1. The highest BCUT2D eigenvalue weighted by molar-refractivity contribution is 8.00. The Morgan fingerprint density at radius 2 is 1.75 bits per heavy atom. The molecular formula is C16H16N2OS. The highest BCUT2D eigenvalue weighted by Crippen LogP contribution is 2.41. The molecule has 0 aromatic heterocycles. The van der Waals surface area contributed by atoms with Crippen LogP contribution in [0.5, 0.6) is 0 Å². The number of nitrogen functional groups attached to an aromatic ring is 1. The van der Waals surface area contributed by atoms with Crippen molar-refractivity contribution in [3.05, 3.63) is 59.7 Å². The monoisotopic (exact) mass is 284 g/mol. The summed E-state index contributed by atoms with van der Waals surface area (Å²) in [5.74, 6) is 0.670.